The van der Waals surface area contributed by atoms with Gasteiger partial charge in [-0.05, 0) is 27.7 Å². The molecule has 0 aromatic heterocycles. The first kappa shape index (κ1) is 29.3. The van der Waals surface area contributed by atoms with Crippen molar-refractivity contribution in [2.75, 3.05) is 0 Å². The van der Waals surface area contributed by atoms with E-state index >= 15 is 0 Å². The topological polar surface area (TPSA) is 88.0 Å². The van der Waals surface area contributed by atoms with Crippen LogP contribution in [0.3, 0.4) is 0 Å². The number of nitrogens with zero attached hydrogens (tertiary/aromatic N) is 2. The van der Waals surface area contributed by atoms with Gasteiger partial charge in [0.25, 0.3) is 0 Å². The van der Waals surface area contributed by atoms with Crippen LogP contribution in [0.4, 0.5) is 0 Å². The van der Waals surface area contributed by atoms with Crippen LogP contribution in [0.25, 0.3) is 0 Å². The van der Waals surface area contributed by atoms with Crippen molar-refractivity contribution in [3.63, 3.8) is 0 Å². The third-order valence-corrected chi connectivity index (χ3v) is 0. The first-order chi connectivity index (χ1) is 6.29. The summed E-state index contributed by atoms with van der Waals surface area (Å²) >= 11 is 0. The van der Waals surface area contributed by atoms with E-state index in [0.717, 1.165) is 0 Å². The minimum absolute atomic E-state index is 0. The molecule has 0 spiro atoms. The molecule has 0 saturated carbocycles. The molecule has 0 unspecified atom stereocenters. The van der Waals surface area contributed by atoms with Crippen LogP contribution in [-0.2, 0) is 21.7 Å². The van der Waals surface area contributed by atoms with Crippen molar-refractivity contribution in [3.05, 3.63) is 0 Å². The van der Waals surface area contributed by atoms with Crippen molar-refractivity contribution < 1.29 is 31.9 Å². The zero-order valence-corrected chi connectivity index (χ0v) is 12.0. The summed E-state index contributed by atoms with van der Waals surface area (Å²) in [6.45, 7) is 9.75. The second kappa shape index (κ2) is 37.4. The van der Waals surface area contributed by atoms with Crippen LogP contribution in [0.15, 0.2) is 0 Å². The Labute approximate surface area is 108 Å². The predicted octanol–water partition coefficient (Wildman–Crippen LogP) is 1.83. The number of hydrogen-bond donors (Lipinski definition) is 2. The Kier molecular flexibility index (Phi) is 73.0. The maximum atomic E-state index is 8.06. The van der Waals surface area contributed by atoms with Gasteiger partial charge in [0.1, 0.15) is 0 Å². The maximum Gasteiger partial charge on any atom is 0.0587 e. The van der Waals surface area contributed by atoms with Crippen LogP contribution in [0.1, 0.15) is 41.5 Å². The largest absolute Gasteiger partial charge is 0.394 e. The Morgan fingerprint density at radius 3 is 0.800 bits per heavy atom. The van der Waals surface area contributed by atoms with Crippen LogP contribution in [0.2, 0.25) is 0 Å². The zero-order valence-electron chi connectivity index (χ0n) is 10.4. The van der Waals surface area contributed by atoms with Gasteiger partial charge in [-0.25, -0.2) is 0 Å². The van der Waals surface area contributed by atoms with Gasteiger partial charge in [-0.15, -0.1) is 0 Å². The van der Waals surface area contributed by atoms with Crippen molar-refractivity contribution in [1.82, 2.24) is 0 Å². The van der Waals surface area contributed by atoms with Crippen LogP contribution < -0.4 is 0 Å². The minimum atomic E-state index is -0.167. The van der Waals surface area contributed by atoms with Gasteiger partial charge < -0.3 is 10.2 Å². The summed E-state index contributed by atoms with van der Waals surface area (Å²) < 4.78 is 0. The molecule has 0 bridgehead atoms. The molecule has 0 aromatic rings. The van der Waals surface area contributed by atoms with Gasteiger partial charge in [0.2, 0.25) is 0 Å². The molecule has 0 aliphatic carbocycles. The summed E-state index contributed by atoms with van der Waals surface area (Å²) in [5.74, 6) is 0. The quantitative estimate of drug-likeness (QED) is 0.642. The fourth-order valence-electron chi connectivity index (χ4n) is 0. The average Bonchev–Trinajstić information content (AvgIpc) is 1.85. The molecule has 0 saturated heterocycles. The van der Waals surface area contributed by atoms with Gasteiger partial charge in [0, 0.05) is 47.8 Å². The van der Waals surface area contributed by atoms with E-state index in [2.05, 4.69) is 0 Å². The van der Waals surface area contributed by atoms with Crippen molar-refractivity contribution in [3.8, 4) is 12.1 Å². The molecule has 2 N–H and O–H groups in total. The predicted molar refractivity (Wildman–Crippen MR) is 57.3 cm³/mol. The normalized spacial score (nSPS) is 5.87. The summed E-state index contributed by atoms with van der Waals surface area (Å²) in [6.07, 6.45) is -0.333. The van der Waals surface area contributed by atoms with Crippen molar-refractivity contribution in [1.29, 1.82) is 10.5 Å². The Bertz CT molecular complexity index is 125. The molecule has 0 radical (unpaired) electrons. The summed E-state index contributed by atoms with van der Waals surface area (Å²) in [6, 6.07) is 3.50. The van der Waals surface area contributed by atoms with Gasteiger partial charge in [0.15, 0.2) is 0 Å². The third kappa shape index (κ3) is 12300. The molecule has 0 amide bonds. The fourth-order valence-corrected chi connectivity index (χ4v) is 0. The molecule has 4 nitrogen and oxygen atoms in total. The molecule has 88 valence electrons. The van der Waals surface area contributed by atoms with Crippen LogP contribution in [0.5, 0.6) is 0 Å². The van der Waals surface area contributed by atoms with E-state index in [1.165, 1.54) is 13.8 Å². The van der Waals surface area contributed by atoms with E-state index in [-0.39, 0.29) is 33.9 Å². The van der Waals surface area contributed by atoms with Gasteiger partial charge in [-0.1, -0.05) is 0 Å². The van der Waals surface area contributed by atoms with Crippen molar-refractivity contribution in [2.24, 2.45) is 0 Å². The monoisotopic (exact) mass is 250 g/mol. The van der Waals surface area contributed by atoms with Crippen LogP contribution in [-0.4, -0.2) is 22.4 Å². The molecule has 15 heavy (non-hydrogen) atoms. The smallest absolute Gasteiger partial charge is 0.0587 e. The Hall–Kier alpha value is -0.386. The molecule has 0 aromatic carbocycles. The van der Waals surface area contributed by atoms with E-state index in [1.54, 1.807) is 39.8 Å². The molecule has 0 fully saturated rings. The molecule has 0 aliphatic heterocycles. The van der Waals surface area contributed by atoms with Gasteiger partial charge >= 0.3 is 0 Å². The van der Waals surface area contributed by atoms with Crippen LogP contribution in [0, 0.1) is 22.7 Å². The van der Waals surface area contributed by atoms with E-state index in [4.69, 9.17) is 20.7 Å². The maximum absolute atomic E-state index is 8.06. The molecular weight excluding hydrogens is 228 g/mol. The molecule has 5 heteroatoms. The summed E-state index contributed by atoms with van der Waals surface area (Å²) in [5.41, 5.74) is 0. The second-order valence-corrected chi connectivity index (χ2v) is 2.63. The van der Waals surface area contributed by atoms with Gasteiger partial charge in [-0.3, -0.25) is 0 Å². The first-order valence-corrected chi connectivity index (χ1v) is 4.27. The third-order valence-electron chi connectivity index (χ3n) is 0. The Balaban J connectivity index is -0.0000000293. The number of nitriles is 2. The average molecular weight is 250 g/mol. The molecule has 0 rings (SSSR count). The molecule has 0 atom stereocenters. The minimum Gasteiger partial charge on any atom is -0.394 e. The van der Waals surface area contributed by atoms with Crippen molar-refractivity contribution >= 4 is 0 Å². The molecular formula is C10H22N2O2Ti. The fraction of sp³-hybridized carbons (Fsp3) is 0.800. The number of aliphatic hydroxyl groups excluding tert-OH is 2. The summed E-state index contributed by atoms with van der Waals surface area (Å²) in [4.78, 5) is 0. The second-order valence-electron chi connectivity index (χ2n) is 2.63. The SMILES string of the molecule is CC#N.CC#N.CC(C)O.CC(C)O.[Ti]. The van der Waals surface area contributed by atoms with E-state index in [9.17, 15) is 0 Å². The first-order valence-electron chi connectivity index (χ1n) is 4.27. The van der Waals surface area contributed by atoms with E-state index in [0.29, 0.717) is 0 Å². The standard InChI is InChI=1S/2C3H8O.2C2H3N.Ti/c2*1-3(2)4;2*1-2-3;/h2*3-4H,1-2H3;2*1H3;. The molecule has 0 aliphatic rings. The zero-order chi connectivity index (χ0) is 12.6. The van der Waals surface area contributed by atoms with Crippen LogP contribution >= 0.6 is 0 Å². The Morgan fingerprint density at radius 2 is 0.800 bits per heavy atom. The van der Waals surface area contributed by atoms with Crippen molar-refractivity contribution in [2.45, 2.75) is 53.8 Å². The summed E-state index contributed by atoms with van der Waals surface area (Å²) in [7, 11) is 0. The van der Waals surface area contributed by atoms with E-state index < -0.39 is 0 Å². The van der Waals surface area contributed by atoms with Gasteiger partial charge in [0.05, 0.1) is 12.1 Å². The van der Waals surface area contributed by atoms with E-state index in [1.807, 2.05) is 0 Å². The Morgan fingerprint density at radius 1 is 0.800 bits per heavy atom. The number of hydrogen-bond acceptors (Lipinski definition) is 4. The van der Waals surface area contributed by atoms with Gasteiger partial charge in [-0.2, -0.15) is 10.5 Å². The molecule has 0 heterocycles. The summed E-state index contributed by atoms with van der Waals surface area (Å²) in [5, 5.41) is 30.8. The number of rotatable bonds is 0. The number of aliphatic hydroxyl groups is 2.